The van der Waals surface area contributed by atoms with Gasteiger partial charge in [0.2, 0.25) is 0 Å². The van der Waals surface area contributed by atoms with Gasteiger partial charge in [0.15, 0.2) is 5.96 Å². The summed E-state index contributed by atoms with van der Waals surface area (Å²) < 4.78 is 12.7. The highest BCUT2D eigenvalue weighted by molar-refractivity contribution is 5.79. The van der Waals surface area contributed by atoms with Crippen LogP contribution in [0.3, 0.4) is 0 Å². The molecule has 0 amide bonds. The van der Waals surface area contributed by atoms with Gasteiger partial charge in [0.1, 0.15) is 11.5 Å². The fourth-order valence-corrected chi connectivity index (χ4v) is 2.72. The molecule has 3 rings (SSSR count). The van der Waals surface area contributed by atoms with Gasteiger partial charge < -0.3 is 20.1 Å². The second kappa shape index (κ2) is 10.8. The first kappa shape index (κ1) is 20.3. The number of aromatic nitrogens is 2. The molecule has 2 N–H and O–H groups in total. The third kappa shape index (κ3) is 6.27. The van der Waals surface area contributed by atoms with Crippen molar-refractivity contribution in [1.29, 1.82) is 0 Å². The lowest BCUT2D eigenvalue weighted by Gasteiger charge is -2.11. The summed E-state index contributed by atoms with van der Waals surface area (Å²) in [5.74, 6) is 2.46. The molecule has 0 aliphatic rings. The van der Waals surface area contributed by atoms with Crippen molar-refractivity contribution in [1.82, 2.24) is 20.4 Å². The first-order valence-corrected chi connectivity index (χ1v) is 9.60. The summed E-state index contributed by atoms with van der Waals surface area (Å²) in [6.07, 6.45) is 2.82. The number of benzene rings is 2. The summed E-state index contributed by atoms with van der Waals surface area (Å²) >= 11 is 0. The minimum atomic E-state index is 0.587. The average Bonchev–Trinajstić information content (AvgIpc) is 3.25. The van der Waals surface area contributed by atoms with Crippen molar-refractivity contribution in [2.75, 3.05) is 27.3 Å². The Morgan fingerprint density at radius 2 is 1.79 bits per heavy atom. The Bertz CT molecular complexity index is 891. The molecule has 7 nitrogen and oxygen atoms in total. The van der Waals surface area contributed by atoms with Crippen LogP contribution in [0.1, 0.15) is 12.1 Å². The smallest absolute Gasteiger partial charge is 0.191 e. The normalized spacial score (nSPS) is 11.2. The summed E-state index contributed by atoms with van der Waals surface area (Å²) in [6.45, 7) is 2.01. The van der Waals surface area contributed by atoms with E-state index in [1.165, 1.54) is 0 Å². The zero-order valence-corrected chi connectivity index (χ0v) is 16.8. The molecule has 1 aromatic heterocycles. The summed E-state index contributed by atoms with van der Waals surface area (Å²) in [5, 5.41) is 11.2. The molecule has 1 heterocycles. The predicted molar refractivity (Wildman–Crippen MR) is 115 cm³/mol. The Morgan fingerprint density at radius 1 is 1.00 bits per heavy atom. The number of guanidine groups is 1. The zero-order valence-electron chi connectivity index (χ0n) is 16.8. The minimum Gasteiger partial charge on any atom is -0.497 e. The van der Waals surface area contributed by atoms with Crippen molar-refractivity contribution in [3.05, 3.63) is 72.6 Å². The maximum absolute atomic E-state index is 5.69. The Balaban J connectivity index is 1.39. The van der Waals surface area contributed by atoms with Gasteiger partial charge in [-0.3, -0.25) is 4.99 Å². The summed E-state index contributed by atoms with van der Waals surface area (Å²) in [6, 6.07) is 19.6. The SMILES string of the molecule is CN=C(NCCCOc1ccccc1)NCc1ccn(-c2ccc(OC)cc2)n1. The molecular weight excluding hydrogens is 366 g/mol. The Kier molecular flexibility index (Phi) is 7.51. The number of methoxy groups -OCH3 is 1. The standard InChI is InChI=1S/C22H27N5O2/c1-23-22(24-14-6-16-29-21-7-4-3-5-8-21)25-17-18-13-15-27(26-18)19-9-11-20(28-2)12-10-19/h3-5,7-13,15H,6,14,16-17H2,1-2H3,(H2,23,24,25). The van der Waals surface area contributed by atoms with Crippen molar-refractivity contribution in [2.45, 2.75) is 13.0 Å². The van der Waals surface area contributed by atoms with Crippen LogP contribution in [0, 0.1) is 0 Å². The van der Waals surface area contributed by atoms with Gasteiger partial charge in [0, 0.05) is 19.8 Å². The number of ether oxygens (including phenoxy) is 2. The molecule has 0 radical (unpaired) electrons. The molecule has 2 aromatic carbocycles. The van der Waals surface area contributed by atoms with E-state index in [1.54, 1.807) is 14.2 Å². The fourth-order valence-electron chi connectivity index (χ4n) is 2.72. The molecule has 7 heteroatoms. The molecule has 0 saturated heterocycles. The van der Waals surface area contributed by atoms with Gasteiger partial charge in [-0.15, -0.1) is 0 Å². The lowest BCUT2D eigenvalue weighted by molar-refractivity contribution is 0.311. The van der Waals surface area contributed by atoms with E-state index in [9.17, 15) is 0 Å². The van der Waals surface area contributed by atoms with E-state index in [-0.39, 0.29) is 0 Å². The Morgan fingerprint density at radius 3 is 2.52 bits per heavy atom. The fraction of sp³-hybridized carbons (Fsp3) is 0.273. The van der Waals surface area contributed by atoms with E-state index in [4.69, 9.17) is 9.47 Å². The number of rotatable bonds is 9. The molecule has 0 atom stereocenters. The molecule has 0 saturated carbocycles. The van der Waals surface area contributed by atoms with E-state index in [0.29, 0.717) is 13.2 Å². The highest BCUT2D eigenvalue weighted by Gasteiger charge is 2.04. The highest BCUT2D eigenvalue weighted by Crippen LogP contribution is 2.14. The number of hydrogen-bond donors (Lipinski definition) is 2. The molecule has 0 unspecified atom stereocenters. The van der Waals surface area contributed by atoms with Crippen LogP contribution in [0.15, 0.2) is 71.9 Å². The second-order valence-electron chi connectivity index (χ2n) is 6.32. The quantitative estimate of drug-likeness (QED) is 0.332. The molecule has 3 aromatic rings. The largest absolute Gasteiger partial charge is 0.497 e. The number of hydrogen-bond acceptors (Lipinski definition) is 4. The first-order chi connectivity index (χ1) is 14.3. The van der Waals surface area contributed by atoms with Crippen molar-refractivity contribution >= 4 is 5.96 Å². The van der Waals surface area contributed by atoms with E-state index in [0.717, 1.165) is 41.8 Å². The van der Waals surface area contributed by atoms with Crippen LogP contribution in [-0.2, 0) is 6.54 Å². The second-order valence-corrected chi connectivity index (χ2v) is 6.32. The highest BCUT2D eigenvalue weighted by atomic mass is 16.5. The molecule has 0 spiro atoms. The van der Waals surface area contributed by atoms with Gasteiger partial charge in [0.05, 0.1) is 31.6 Å². The van der Waals surface area contributed by atoms with Gasteiger partial charge in [-0.05, 0) is 48.9 Å². The van der Waals surface area contributed by atoms with E-state index in [1.807, 2.05) is 71.5 Å². The van der Waals surface area contributed by atoms with Crippen LogP contribution in [0.5, 0.6) is 11.5 Å². The van der Waals surface area contributed by atoms with Gasteiger partial charge >= 0.3 is 0 Å². The summed E-state index contributed by atoms with van der Waals surface area (Å²) in [7, 11) is 3.41. The number of para-hydroxylation sites is 1. The molecule has 29 heavy (non-hydrogen) atoms. The lowest BCUT2D eigenvalue weighted by atomic mass is 10.3. The molecule has 0 aliphatic heterocycles. The third-order valence-electron chi connectivity index (χ3n) is 4.27. The minimum absolute atomic E-state index is 0.587. The molecule has 0 aliphatic carbocycles. The average molecular weight is 393 g/mol. The number of nitrogens with zero attached hydrogens (tertiary/aromatic N) is 3. The first-order valence-electron chi connectivity index (χ1n) is 9.60. The Hall–Kier alpha value is -3.48. The van der Waals surface area contributed by atoms with Gasteiger partial charge in [-0.25, -0.2) is 4.68 Å². The van der Waals surface area contributed by atoms with Gasteiger partial charge in [0.25, 0.3) is 0 Å². The van der Waals surface area contributed by atoms with E-state index in [2.05, 4.69) is 20.7 Å². The molecule has 0 bridgehead atoms. The van der Waals surface area contributed by atoms with Crippen LogP contribution in [0.2, 0.25) is 0 Å². The van der Waals surface area contributed by atoms with E-state index >= 15 is 0 Å². The summed E-state index contributed by atoms with van der Waals surface area (Å²) in [4.78, 5) is 4.25. The molecular formula is C22H27N5O2. The maximum Gasteiger partial charge on any atom is 0.191 e. The molecule has 0 fully saturated rings. The lowest BCUT2D eigenvalue weighted by Crippen LogP contribution is -2.37. The summed E-state index contributed by atoms with van der Waals surface area (Å²) in [5.41, 5.74) is 1.91. The molecule has 152 valence electrons. The van der Waals surface area contributed by atoms with Crippen LogP contribution >= 0.6 is 0 Å². The van der Waals surface area contributed by atoms with E-state index < -0.39 is 0 Å². The zero-order chi connectivity index (χ0) is 20.3. The van der Waals surface area contributed by atoms with Crippen LogP contribution in [0.25, 0.3) is 5.69 Å². The van der Waals surface area contributed by atoms with Gasteiger partial charge in [-0.2, -0.15) is 5.10 Å². The van der Waals surface area contributed by atoms with Crippen LogP contribution in [-0.4, -0.2) is 43.0 Å². The monoisotopic (exact) mass is 393 g/mol. The van der Waals surface area contributed by atoms with Crippen LogP contribution < -0.4 is 20.1 Å². The predicted octanol–water partition coefficient (Wildman–Crippen LogP) is 3.02. The number of aliphatic imine (C=N–C) groups is 1. The van der Waals surface area contributed by atoms with Crippen molar-refractivity contribution in [3.63, 3.8) is 0 Å². The number of nitrogens with one attached hydrogen (secondary N) is 2. The Labute approximate surface area is 171 Å². The van der Waals surface area contributed by atoms with Crippen LogP contribution in [0.4, 0.5) is 0 Å². The topological polar surface area (TPSA) is 72.7 Å². The van der Waals surface area contributed by atoms with Crippen molar-refractivity contribution in [3.8, 4) is 17.2 Å². The third-order valence-corrected chi connectivity index (χ3v) is 4.27. The van der Waals surface area contributed by atoms with Gasteiger partial charge in [-0.1, -0.05) is 18.2 Å². The van der Waals surface area contributed by atoms with Crippen molar-refractivity contribution < 1.29 is 9.47 Å². The maximum atomic E-state index is 5.69. The van der Waals surface area contributed by atoms with Crippen molar-refractivity contribution in [2.24, 2.45) is 4.99 Å².